The highest BCUT2D eigenvalue weighted by molar-refractivity contribution is 7.07. The minimum absolute atomic E-state index is 0.00220. The van der Waals surface area contributed by atoms with Crippen molar-refractivity contribution in [1.82, 2.24) is 9.88 Å². The maximum Gasteiger partial charge on any atom is 0.294 e. The molecule has 2 rings (SSSR count). The lowest BCUT2D eigenvalue weighted by Gasteiger charge is -2.17. The van der Waals surface area contributed by atoms with Gasteiger partial charge in [0.25, 0.3) is 11.6 Å². The second-order valence-corrected chi connectivity index (χ2v) is 4.96. The van der Waals surface area contributed by atoms with E-state index in [0.29, 0.717) is 6.54 Å². The van der Waals surface area contributed by atoms with Crippen LogP contribution in [-0.2, 0) is 6.54 Å². The Morgan fingerprint density at radius 2 is 2.33 bits per heavy atom. The van der Waals surface area contributed by atoms with E-state index in [0.717, 1.165) is 5.69 Å². The van der Waals surface area contributed by atoms with Crippen LogP contribution in [0.1, 0.15) is 16.1 Å². The maximum atomic E-state index is 12.4. The quantitative estimate of drug-likeness (QED) is 0.492. The van der Waals surface area contributed by atoms with Gasteiger partial charge in [0.1, 0.15) is 5.69 Å². The number of anilines is 1. The van der Waals surface area contributed by atoms with E-state index in [-0.39, 0.29) is 22.8 Å². The van der Waals surface area contributed by atoms with Crippen LogP contribution < -0.4 is 11.3 Å². The van der Waals surface area contributed by atoms with Crippen LogP contribution in [0, 0.1) is 10.1 Å². The van der Waals surface area contributed by atoms with Crippen molar-refractivity contribution in [1.29, 1.82) is 0 Å². The van der Waals surface area contributed by atoms with Gasteiger partial charge >= 0.3 is 0 Å². The molecule has 0 saturated carbocycles. The highest BCUT2D eigenvalue weighted by Gasteiger charge is 2.23. The average Bonchev–Trinajstić information content (AvgIpc) is 2.98. The van der Waals surface area contributed by atoms with Gasteiger partial charge in [-0.1, -0.05) is 6.07 Å². The molecule has 0 saturated heterocycles. The van der Waals surface area contributed by atoms with Crippen molar-refractivity contribution in [3.8, 4) is 0 Å². The van der Waals surface area contributed by atoms with Crippen LogP contribution in [0.25, 0.3) is 0 Å². The summed E-state index contributed by atoms with van der Waals surface area (Å²) in [4.78, 5) is 28.3. The lowest BCUT2D eigenvalue weighted by molar-refractivity contribution is -0.384. The molecule has 2 aromatic rings. The van der Waals surface area contributed by atoms with E-state index in [1.807, 2.05) is 5.38 Å². The topological polar surface area (TPSA) is 114 Å². The van der Waals surface area contributed by atoms with E-state index in [2.05, 4.69) is 10.4 Å². The van der Waals surface area contributed by atoms with Gasteiger partial charge in [-0.05, 0) is 6.07 Å². The molecule has 0 atom stereocenters. The van der Waals surface area contributed by atoms with Crippen LogP contribution in [0.5, 0.6) is 0 Å². The van der Waals surface area contributed by atoms with E-state index >= 15 is 0 Å². The Balaban J connectivity index is 2.30. The zero-order valence-electron chi connectivity index (χ0n) is 11.1. The summed E-state index contributed by atoms with van der Waals surface area (Å²) < 4.78 is 0. The highest BCUT2D eigenvalue weighted by atomic mass is 32.1. The number of nitro benzene ring substituents is 1. The third-order valence-corrected chi connectivity index (χ3v) is 3.48. The van der Waals surface area contributed by atoms with Crippen LogP contribution in [0.15, 0.2) is 29.1 Å². The average molecular weight is 307 g/mol. The molecule has 0 fully saturated rings. The number of rotatable bonds is 5. The van der Waals surface area contributed by atoms with Crippen LogP contribution in [0.4, 0.5) is 11.4 Å². The summed E-state index contributed by atoms with van der Waals surface area (Å²) in [5, 5.41) is 12.8. The van der Waals surface area contributed by atoms with Crippen molar-refractivity contribution in [3.05, 3.63) is 50.5 Å². The summed E-state index contributed by atoms with van der Waals surface area (Å²) in [5.74, 6) is 4.95. The summed E-state index contributed by atoms with van der Waals surface area (Å²) in [7, 11) is 1.60. The van der Waals surface area contributed by atoms with E-state index in [1.165, 1.54) is 34.4 Å². The van der Waals surface area contributed by atoms with Gasteiger partial charge in [0.15, 0.2) is 0 Å². The number of benzene rings is 1. The van der Waals surface area contributed by atoms with Gasteiger partial charge in [-0.25, -0.2) is 4.98 Å². The van der Waals surface area contributed by atoms with Gasteiger partial charge in [-0.15, -0.1) is 11.3 Å². The molecule has 0 radical (unpaired) electrons. The molecule has 0 bridgehead atoms. The number of nitrogens with two attached hydrogens (primary N) is 1. The molecule has 9 heteroatoms. The fourth-order valence-electron chi connectivity index (χ4n) is 1.86. The number of nitrogens with zero attached hydrogens (tertiary/aromatic N) is 3. The lowest BCUT2D eigenvalue weighted by atomic mass is 10.1. The lowest BCUT2D eigenvalue weighted by Crippen LogP contribution is -2.28. The van der Waals surface area contributed by atoms with Crippen LogP contribution in [0.3, 0.4) is 0 Å². The number of nitrogen functional groups attached to an aromatic ring is 1. The molecule has 1 heterocycles. The van der Waals surface area contributed by atoms with Crippen molar-refractivity contribution in [2.75, 3.05) is 12.5 Å². The van der Waals surface area contributed by atoms with Crippen molar-refractivity contribution in [2.45, 2.75) is 6.54 Å². The first kappa shape index (κ1) is 14.9. The molecule has 1 aromatic heterocycles. The minimum Gasteiger partial charge on any atom is -0.336 e. The summed E-state index contributed by atoms with van der Waals surface area (Å²) in [6.45, 7) is 0.315. The molecule has 1 aromatic carbocycles. The fraction of sp³-hybridized carbons (Fsp3) is 0.167. The molecular weight excluding hydrogens is 294 g/mol. The third kappa shape index (κ3) is 3.15. The molecule has 21 heavy (non-hydrogen) atoms. The SMILES string of the molecule is CN(Cc1cscn1)C(=O)c1cccc([N+](=O)[O-])c1NN. The van der Waals surface area contributed by atoms with Gasteiger partial charge in [0.05, 0.1) is 28.2 Å². The largest absolute Gasteiger partial charge is 0.336 e. The third-order valence-electron chi connectivity index (χ3n) is 2.84. The Morgan fingerprint density at radius 1 is 1.57 bits per heavy atom. The van der Waals surface area contributed by atoms with Gasteiger partial charge in [-0.3, -0.25) is 20.8 Å². The second kappa shape index (κ2) is 6.29. The van der Waals surface area contributed by atoms with Gasteiger partial charge in [0, 0.05) is 18.5 Å². The molecule has 0 aliphatic rings. The number of thiazole rings is 1. The smallest absolute Gasteiger partial charge is 0.294 e. The molecular formula is C12H13N5O3S. The van der Waals surface area contributed by atoms with Crippen molar-refractivity contribution < 1.29 is 9.72 Å². The number of nitro groups is 1. The van der Waals surface area contributed by atoms with Gasteiger partial charge in [-0.2, -0.15) is 0 Å². The van der Waals surface area contributed by atoms with E-state index in [4.69, 9.17) is 5.84 Å². The van der Waals surface area contributed by atoms with Crippen molar-refractivity contribution in [2.24, 2.45) is 5.84 Å². The minimum atomic E-state index is -0.591. The van der Waals surface area contributed by atoms with Gasteiger partial charge < -0.3 is 10.3 Å². The van der Waals surface area contributed by atoms with Crippen molar-refractivity contribution in [3.63, 3.8) is 0 Å². The Bertz CT molecular complexity index is 659. The number of hydrazine groups is 1. The monoisotopic (exact) mass is 307 g/mol. The predicted octanol–water partition coefficient (Wildman–Crippen LogP) is 1.61. The first-order valence-corrected chi connectivity index (χ1v) is 6.85. The summed E-state index contributed by atoms with van der Waals surface area (Å²) in [5.41, 5.74) is 4.56. The van der Waals surface area contributed by atoms with Gasteiger partial charge in [0.2, 0.25) is 0 Å². The Morgan fingerprint density at radius 3 is 2.90 bits per heavy atom. The number of carbonyl (C=O) groups excluding carboxylic acids is 1. The van der Waals surface area contributed by atoms with E-state index in [9.17, 15) is 14.9 Å². The summed E-state index contributed by atoms with van der Waals surface area (Å²) >= 11 is 1.43. The number of hydrogen-bond acceptors (Lipinski definition) is 7. The standard InChI is InChI=1S/C12H13N5O3S/c1-16(5-8-6-21-7-14-8)12(18)9-3-2-4-10(17(19)20)11(9)15-13/h2-4,6-7,15H,5,13H2,1H3. The number of aromatic nitrogens is 1. The Hall–Kier alpha value is -2.52. The van der Waals surface area contributed by atoms with E-state index < -0.39 is 4.92 Å². The molecule has 1 amide bonds. The van der Waals surface area contributed by atoms with Crippen LogP contribution >= 0.6 is 11.3 Å². The number of amides is 1. The normalized spacial score (nSPS) is 10.2. The predicted molar refractivity (Wildman–Crippen MR) is 78.8 cm³/mol. The zero-order chi connectivity index (χ0) is 15.4. The highest BCUT2D eigenvalue weighted by Crippen LogP contribution is 2.28. The molecule has 8 nitrogen and oxygen atoms in total. The Labute approximate surface area is 124 Å². The first-order chi connectivity index (χ1) is 10.0. The summed E-state index contributed by atoms with van der Waals surface area (Å²) in [6.07, 6.45) is 0. The summed E-state index contributed by atoms with van der Waals surface area (Å²) in [6, 6.07) is 4.22. The second-order valence-electron chi connectivity index (χ2n) is 4.24. The maximum absolute atomic E-state index is 12.4. The molecule has 0 spiro atoms. The molecule has 110 valence electrons. The number of nitrogens with one attached hydrogen (secondary N) is 1. The van der Waals surface area contributed by atoms with Crippen molar-refractivity contribution >= 4 is 28.6 Å². The zero-order valence-corrected chi connectivity index (χ0v) is 12.0. The molecule has 0 aliphatic heterocycles. The Kier molecular flexibility index (Phi) is 4.45. The fourth-order valence-corrected chi connectivity index (χ4v) is 2.41. The van der Waals surface area contributed by atoms with E-state index in [1.54, 1.807) is 12.6 Å². The number of hydrogen-bond donors (Lipinski definition) is 2. The molecule has 0 aliphatic carbocycles. The van der Waals surface area contributed by atoms with Crippen LogP contribution in [0.2, 0.25) is 0 Å². The molecule has 3 N–H and O–H groups in total. The first-order valence-electron chi connectivity index (χ1n) is 5.91. The van der Waals surface area contributed by atoms with Crippen LogP contribution in [-0.4, -0.2) is 27.8 Å². The molecule has 0 unspecified atom stereocenters. The number of para-hydroxylation sites is 1. The number of carbonyl (C=O) groups is 1.